The zero-order valence-corrected chi connectivity index (χ0v) is 6.65. The van der Waals surface area contributed by atoms with Crippen LogP contribution in [0.1, 0.15) is 19.3 Å². The fourth-order valence-electron chi connectivity index (χ4n) is 1.81. The summed E-state index contributed by atoms with van der Waals surface area (Å²) in [5.74, 6) is 0. The van der Waals surface area contributed by atoms with Crippen molar-refractivity contribution in [2.24, 2.45) is 0 Å². The van der Waals surface area contributed by atoms with Gasteiger partial charge in [0, 0.05) is 18.6 Å². The van der Waals surface area contributed by atoms with Gasteiger partial charge in [-0.15, -0.1) is 0 Å². The molecule has 0 amide bonds. The van der Waals surface area contributed by atoms with E-state index in [-0.39, 0.29) is 0 Å². The number of nitrogens with one attached hydrogen (secondary N) is 2. The molecule has 2 fully saturated rings. The zero-order chi connectivity index (χ0) is 7.68. The molecular weight excluding hydrogens is 143 g/mol. The van der Waals surface area contributed by atoms with Crippen LogP contribution in [-0.4, -0.2) is 31.3 Å². The van der Waals surface area contributed by atoms with Gasteiger partial charge in [-0.3, -0.25) is 0 Å². The van der Waals surface area contributed by atoms with Gasteiger partial charge in [-0.05, 0) is 25.8 Å². The van der Waals surface area contributed by atoms with Gasteiger partial charge in [0.05, 0.1) is 0 Å². The van der Waals surface area contributed by atoms with Crippen LogP contribution in [0, 0.1) is 0 Å². The summed E-state index contributed by atoms with van der Waals surface area (Å²) in [5, 5.41) is 6.72. The van der Waals surface area contributed by atoms with Crippen molar-refractivity contribution in [1.82, 2.24) is 10.6 Å². The standard InChI is InChI=1S/C8H15FN2/c9-6-3-8(4-6)11-7-1-2-10-5-7/h6-8,10-11H,1-5H2. The van der Waals surface area contributed by atoms with Crippen LogP contribution >= 0.6 is 0 Å². The van der Waals surface area contributed by atoms with E-state index in [1.54, 1.807) is 0 Å². The SMILES string of the molecule is FC1CC(NC2CCNC2)C1. The lowest BCUT2D eigenvalue weighted by Gasteiger charge is -2.32. The number of alkyl halides is 1. The molecule has 2 N–H and O–H groups in total. The summed E-state index contributed by atoms with van der Waals surface area (Å²) < 4.78 is 12.4. The van der Waals surface area contributed by atoms with Crippen molar-refractivity contribution < 1.29 is 4.39 Å². The third-order valence-corrected chi connectivity index (χ3v) is 2.61. The molecule has 1 heterocycles. The van der Waals surface area contributed by atoms with Crippen molar-refractivity contribution in [3.63, 3.8) is 0 Å². The molecule has 3 heteroatoms. The molecule has 1 aliphatic heterocycles. The summed E-state index contributed by atoms with van der Waals surface area (Å²) in [6.45, 7) is 2.18. The maximum absolute atomic E-state index is 12.4. The fourth-order valence-corrected chi connectivity index (χ4v) is 1.81. The van der Waals surface area contributed by atoms with Crippen molar-refractivity contribution >= 4 is 0 Å². The lowest BCUT2D eigenvalue weighted by Crippen LogP contribution is -2.47. The molecule has 2 nitrogen and oxygen atoms in total. The van der Waals surface area contributed by atoms with Crippen molar-refractivity contribution in [1.29, 1.82) is 0 Å². The largest absolute Gasteiger partial charge is 0.315 e. The summed E-state index contributed by atoms with van der Waals surface area (Å²) in [6.07, 6.45) is 2.14. The van der Waals surface area contributed by atoms with Crippen molar-refractivity contribution in [3.8, 4) is 0 Å². The summed E-state index contributed by atoms with van der Waals surface area (Å²) in [7, 11) is 0. The first-order chi connectivity index (χ1) is 5.34. The average Bonchev–Trinajstić information content (AvgIpc) is 2.36. The maximum atomic E-state index is 12.4. The Hall–Kier alpha value is -0.150. The summed E-state index contributed by atoms with van der Waals surface area (Å²) in [4.78, 5) is 0. The highest BCUT2D eigenvalue weighted by atomic mass is 19.1. The third kappa shape index (κ3) is 1.71. The topological polar surface area (TPSA) is 24.1 Å². The minimum atomic E-state index is -0.526. The molecule has 2 aliphatic rings. The second kappa shape index (κ2) is 3.07. The normalized spacial score (nSPS) is 43.9. The monoisotopic (exact) mass is 158 g/mol. The van der Waals surface area contributed by atoms with Gasteiger partial charge in [-0.1, -0.05) is 0 Å². The molecule has 0 radical (unpaired) electrons. The molecule has 1 unspecified atom stereocenters. The Morgan fingerprint density at radius 2 is 2.09 bits per heavy atom. The lowest BCUT2D eigenvalue weighted by atomic mass is 9.90. The number of hydrogen-bond donors (Lipinski definition) is 2. The third-order valence-electron chi connectivity index (χ3n) is 2.61. The Labute approximate surface area is 66.5 Å². The highest BCUT2D eigenvalue weighted by Gasteiger charge is 2.30. The smallest absolute Gasteiger partial charge is 0.103 e. The van der Waals surface area contributed by atoms with Crippen LogP contribution in [0.3, 0.4) is 0 Å². The van der Waals surface area contributed by atoms with E-state index in [0.29, 0.717) is 12.1 Å². The molecular formula is C8H15FN2. The number of rotatable bonds is 2. The van der Waals surface area contributed by atoms with Crippen LogP contribution in [0.2, 0.25) is 0 Å². The molecule has 0 aromatic heterocycles. The molecule has 2 rings (SSSR count). The summed E-state index contributed by atoms with van der Waals surface area (Å²) in [5.41, 5.74) is 0. The fraction of sp³-hybridized carbons (Fsp3) is 1.00. The lowest BCUT2D eigenvalue weighted by molar-refractivity contribution is 0.148. The number of hydrogen-bond acceptors (Lipinski definition) is 2. The first kappa shape index (κ1) is 7.50. The highest BCUT2D eigenvalue weighted by Crippen LogP contribution is 2.23. The molecule has 0 spiro atoms. The molecule has 1 aliphatic carbocycles. The predicted octanol–water partition coefficient (Wildman–Crippen LogP) is 0.438. The van der Waals surface area contributed by atoms with E-state index in [1.807, 2.05) is 0 Å². The van der Waals surface area contributed by atoms with Gasteiger partial charge in [-0.25, -0.2) is 4.39 Å². The summed E-state index contributed by atoms with van der Waals surface area (Å²) >= 11 is 0. The quantitative estimate of drug-likeness (QED) is 0.609. The zero-order valence-electron chi connectivity index (χ0n) is 6.65. The molecule has 0 aromatic carbocycles. The average molecular weight is 158 g/mol. The van der Waals surface area contributed by atoms with Crippen LogP contribution in [0.15, 0.2) is 0 Å². The molecule has 64 valence electrons. The van der Waals surface area contributed by atoms with Crippen LogP contribution in [0.5, 0.6) is 0 Å². The molecule has 1 saturated carbocycles. The van der Waals surface area contributed by atoms with Crippen LogP contribution < -0.4 is 10.6 Å². The first-order valence-corrected chi connectivity index (χ1v) is 4.45. The Kier molecular flexibility index (Phi) is 2.09. The van der Waals surface area contributed by atoms with Crippen molar-refractivity contribution in [3.05, 3.63) is 0 Å². The van der Waals surface area contributed by atoms with Gasteiger partial charge in [0.15, 0.2) is 0 Å². The van der Waals surface area contributed by atoms with E-state index in [2.05, 4.69) is 10.6 Å². The molecule has 1 atom stereocenters. The maximum Gasteiger partial charge on any atom is 0.103 e. The van der Waals surface area contributed by atoms with Crippen molar-refractivity contribution in [2.45, 2.75) is 37.5 Å². The van der Waals surface area contributed by atoms with Gasteiger partial charge in [0.2, 0.25) is 0 Å². The molecule has 0 aromatic rings. The van der Waals surface area contributed by atoms with E-state index >= 15 is 0 Å². The van der Waals surface area contributed by atoms with E-state index in [4.69, 9.17) is 0 Å². The molecule has 1 saturated heterocycles. The van der Waals surface area contributed by atoms with Gasteiger partial charge >= 0.3 is 0 Å². The number of halogens is 1. The highest BCUT2D eigenvalue weighted by molar-refractivity contribution is 4.89. The Bertz CT molecular complexity index is 128. The summed E-state index contributed by atoms with van der Waals surface area (Å²) in [6, 6.07) is 1.07. The van der Waals surface area contributed by atoms with E-state index in [1.165, 1.54) is 6.42 Å². The van der Waals surface area contributed by atoms with Gasteiger partial charge in [0.25, 0.3) is 0 Å². The van der Waals surface area contributed by atoms with Gasteiger partial charge in [-0.2, -0.15) is 0 Å². The van der Waals surface area contributed by atoms with E-state index in [0.717, 1.165) is 25.9 Å². The minimum absolute atomic E-state index is 0.468. The second-order valence-corrected chi connectivity index (χ2v) is 3.62. The first-order valence-electron chi connectivity index (χ1n) is 4.45. The van der Waals surface area contributed by atoms with Crippen molar-refractivity contribution in [2.75, 3.05) is 13.1 Å². The van der Waals surface area contributed by atoms with Gasteiger partial charge in [0.1, 0.15) is 6.17 Å². The Morgan fingerprint density at radius 1 is 1.27 bits per heavy atom. The minimum Gasteiger partial charge on any atom is -0.315 e. The van der Waals surface area contributed by atoms with Crippen LogP contribution in [0.4, 0.5) is 4.39 Å². The Morgan fingerprint density at radius 3 is 2.64 bits per heavy atom. The van der Waals surface area contributed by atoms with Crippen LogP contribution in [0.25, 0.3) is 0 Å². The second-order valence-electron chi connectivity index (χ2n) is 3.62. The van der Waals surface area contributed by atoms with Crippen LogP contribution in [-0.2, 0) is 0 Å². The van der Waals surface area contributed by atoms with E-state index < -0.39 is 6.17 Å². The van der Waals surface area contributed by atoms with E-state index in [9.17, 15) is 4.39 Å². The predicted molar refractivity (Wildman–Crippen MR) is 42.3 cm³/mol. The molecule has 11 heavy (non-hydrogen) atoms. The van der Waals surface area contributed by atoms with Gasteiger partial charge < -0.3 is 10.6 Å². The molecule has 0 bridgehead atoms. The Balaban J connectivity index is 1.66.